The predicted molar refractivity (Wildman–Crippen MR) is 138 cm³/mol. The summed E-state index contributed by atoms with van der Waals surface area (Å²) in [6, 6.07) is 14.8. The van der Waals surface area contributed by atoms with Gasteiger partial charge in [0.2, 0.25) is 11.7 Å². The molecule has 0 aliphatic carbocycles. The number of hydrogen-bond donors (Lipinski definition) is 3. The number of carbonyl (C=O) groups excluding carboxylic acids is 1. The second kappa shape index (κ2) is 10.5. The fourth-order valence-electron chi connectivity index (χ4n) is 4.48. The highest BCUT2D eigenvalue weighted by atomic mass is 16.5. The van der Waals surface area contributed by atoms with Crippen LogP contribution in [0.3, 0.4) is 0 Å². The van der Waals surface area contributed by atoms with Crippen molar-refractivity contribution in [1.82, 2.24) is 0 Å². The van der Waals surface area contributed by atoms with Crippen molar-refractivity contribution in [2.45, 2.75) is 19.3 Å². The molecule has 192 valence electrons. The quantitative estimate of drug-likeness (QED) is 0.315. The minimum Gasteiger partial charge on any atom is -0.507 e. The molecule has 4 rings (SSSR count). The number of carbonyl (C=O) groups is 1. The third kappa shape index (κ3) is 4.88. The molecule has 1 aromatic heterocycles. The van der Waals surface area contributed by atoms with E-state index in [1.54, 1.807) is 55.5 Å². The smallest absolute Gasteiger partial charge is 0.343 e. The van der Waals surface area contributed by atoms with Crippen molar-refractivity contribution in [3.05, 3.63) is 81.9 Å². The molecule has 0 saturated heterocycles. The molecule has 3 aromatic carbocycles. The van der Waals surface area contributed by atoms with Gasteiger partial charge in [0.1, 0.15) is 17.3 Å². The molecular formula is C28H27NO8. The first kappa shape index (κ1) is 25.4. The highest BCUT2D eigenvalue weighted by Gasteiger charge is 2.31. The Bertz CT molecular complexity index is 1530. The van der Waals surface area contributed by atoms with E-state index in [1.165, 1.54) is 27.4 Å². The summed E-state index contributed by atoms with van der Waals surface area (Å²) in [7, 11) is 4.35. The zero-order valence-electron chi connectivity index (χ0n) is 20.8. The van der Waals surface area contributed by atoms with E-state index in [-0.39, 0.29) is 40.7 Å². The average molecular weight is 506 g/mol. The number of nitrogens with one attached hydrogen (secondary N) is 1. The van der Waals surface area contributed by atoms with E-state index in [9.17, 15) is 19.8 Å². The number of phenols is 1. The summed E-state index contributed by atoms with van der Waals surface area (Å²) in [5.74, 6) is -0.497. The van der Waals surface area contributed by atoms with E-state index >= 15 is 0 Å². The number of hydrogen-bond acceptors (Lipinski definition) is 8. The molecule has 0 aliphatic heterocycles. The van der Waals surface area contributed by atoms with Gasteiger partial charge in [-0.3, -0.25) is 4.79 Å². The van der Waals surface area contributed by atoms with Crippen LogP contribution < -0.4 is 25.2 Å². The minimum absolute atomic E-state index is 0.0868. The molecule has 0 bridgehead atoms. The van der Waals surface area contributed by atoms with Crippen LogP contribution in [0.4, 0.5) is 5.69 Å². The lowest BCUT2D eigenvalue weighted by molar-refractivity contribution is -0.116. The first-order valence-electron chi connectivity index (χ1n) is 11.4. The van der Waals surface area contributed by atoms with Crippen molar-refractivity contribution >= 4 is 22.4 Å². The van der Waals surface area contributed by atoms with Crippen molar-refractivity contribution < 1.29 is 33.6 Å². The van der Waals surface area contributed by atoms with Crippen molar-refractivity contribution in [1.29, 1.82) is 0 Å². The van der Waals surface area contributed by atoms with Gasteiger partial charge < -0.3 is 34.2 Å². The predicted octanol–water partition coefficient (Wildman–Crippen LogP) is 4.70. The van der Waals surface area contributed by atoms with Gasteiger partial charge >= 0.3 is 5.63 Å². The van der Waals surface area contributed by atoms with E-state index in [2.05, 4.69) is 5.32 Å². The van der Waals surface area contributed by atoms with Crippen LogP contribution in [-0.2, 0) is 4.79 Å². The molecule has 0 radical (unpaired) electrons. The van der Waals surface area contributed by atoms with Crippen molar-refractivity contribution in [2.75, 3.05) is 26.6 Å². The minimum atomic E-state index is -0.963. The van der Waals surface area contributed by atoms with Gasteiger partial charge in [0, 0.05) is 40.4 Å². The first-order chi connectivity index (χ1) is 17.8. The van der Waals surface area contributed by atoms with E-state index in [1.807, 2.05) is 0 Å². The number of fused-ring (bicyclic) bond motifs is 1. The normalized spacial score (nSPS) is 11.7. The van der Waals surface area contributed by atoms with Crippen molar-refractivity contribution in [3.8, 4) is 28.7 Å². The van der Waals surface area contributed by atoms with Gasteiger partial charge in [0.25, 0.3) is 0 Å². The van der Waals surface area contributed by atoms with E-state index < -0.39 is 17.5 Å². The fourth-order valence-corrected chi connectivity index (χ4v) is 4.48. The summed E-state index contributed by atoms with van der Waals surface area (Å²) in [6.45, 7) is 1.54. The molecule has 0 saturated carbocycles. The van der Waals surface area contributed by atoms with Gasteiger partial charge in [0.05, 0.1) is 26.9 Å². The third-order valence-electron chi connectivity index (χ3n) is 6.11. The lowest BCUT2D eigenvalue weighted by Gasteiger charge is -2.22. The van der Waals surface area contributed by atoms with Gasteiger partial charge in [-0.2, -0.15) is 0 Å². The summed E-state index contributed by atoms with van der Waals surface area (Å²) < 4.78 is 21.7. The van der Waals surface area contributed by atoms with Crippen LogP contribution in [0, 0.1) is 6.92 Å². The Hall–Kier alpha value is -4.66. The Kier molecular flexibility index (Phi) is 7.24. The number of ether oxygens (including phenoxy) is 3. The van der Waals surface area contributed by atoms with Crippen LogP contribution >= 0.6 is 0 Å². The Labute approximate surface area is 212 Å². The summed E-state index contributed by atoms with van der Waals surface area (Å²) in [6.07, 6.45) is -0.248. The van der Waals surface area contributed by atoms with Crippen LogP contribution in [-0.4, -0.2) is 37.4 Å². The number of benzene rings is 3. The molecule has 9 heteroatoms. The van der Waals surface area contributed by atoms with E-state index in [0.29, 0.717) is 27.8 Å². The molecule has 1 atom stereocenters. The second-order valence-electron chi connectivity index (χ2n) is 8.35. The van der Waals surface area contributed by atoms with E-state index in [0.717, 1.165) is 0 Å². The number of methoxy groups -OCH3 is 3. The molecular weight excluding hydrogens is 478 g/mol. The summed E-state index contributed by atoms with van der Waals surface area (Å²) in [5, 5.41) is 25.0. The number of aromatic hydroxyl groups is 2. The lowest BCUT2D eigenvalue weighted by Crippen LogP contribution is -2.21. The van der Waals surface area contributed by atoms with Crippen LogP contribution in [0.5, 0.6) is 28.7 Å². The standard InChI is InChI=1S/C28H27NO8/c1-15-13-22(31)25(28(33)37-15)19(18-11-12-23(34-2)27(36-4)26(18)35-3)14-24(32)29-20-9-5-8-17-16(20)7-6-10-21(17)30/h5-13,19,30-31H,14H2,1-4H3,(H,29,32)/t19-/m0/s1. The Morgan fingerprint density at radius 2 is 1.62 bits per heavy atom. The number of aryl methyl sites for hydroxylation is 1. The maximum Gasteiger partial charge on any atom is 0.343 e. The Morgan fingerprint density at radius 3 is 2.30 bits per heavy atom. The van der Waals surface area contributed by atoms with Crippen LogP contribution in [0.25, 0.3) is 10.8 Å². The molecule has 4 aromatic rings. The van der Waals surface area contributed by atoms with Crippen LogP contribution in [0.2, 0.25) is 0 Å². The second-order valence-corrected chi connectivity index (χ2v) is 8.35. The molecule has 1 amide bonds. The van der Waals surface area contributed by atoms with Crippen LogP contribution in [0.1, 0.15) is 29.2 Å². The topological polar surface area (TPSA) is 127 Å². The largest absolute Gasteiger partial charge is 0.507 e. The van der Waals surface area contributed by atoms with Gasteiger partial charge in [-0.05, 0) is 25.1 Å². The Balaban J connectivity index is 1.82. The van der Waals surface area contributed by atoms with Gasteiger partial charge in [-0.15, -0.1) is 0 Å². The van der Waals surface area contributed by atoms with Gasteiger partial charge in [-0.25, -0.2) is 4.79 Å². The van der Waals surface area contributed by atoms with Gasteiger partial charge in [-0.1, -0.05) is 30.3 Å². The Morgan fingerprint density at radius 1 is 0.919 bits per heavy atom. The molecule has 0 spiro atoms. The van der Waals surface area contributed by atoms with Crippen LogP contribution in [0.15, 0.2) is 63.8 Å². The fraction of sp³-hybridized carbons (Fsp3) is 0.214. The van der Waals surface area contributed by atoms with Crippen molar-refractivity contribution in [3.63, 3.8) is 0 Å². The lowest BCUT2D eigenvalue weighted by atomic mass is 9.87. The number of anilines is 1. The summed E-state index contributed by atoms with van der Waals surface area (Å²) in [5.41, 5.74) is 0.0259. The maximum absolute atomic E-state index is 13.4. The third-order valence-corrected chi connectivity index (χ3v) is 6.11. The highest BCUT2D eigenvalue weighted by molar-refractivity contribution is 6.04. The molecule has 37 heavy (non-hydrogen) atoms. The average Bonchev–Trinajstić information content (AvgIpc) is 2.87. The zero-order valence-corrected chi connectivity index (χ0v) is 20.8. The zero-order chi connectivity index (χ0) is 26.7. The van der Waals surface area contributed by atoms with Crippen molar-refractivity contribution in [2.24, 2.45) is 0 Å². The molecule has 1 heterocycles. The molecule has 0 fully saturated rings. The SMILES string of the molecule is COc1ccc([C@H](CC(=O)Nc2cccc3c(O)cccc23)c2c(O)cc(C)oc2=O)c(OC)c1OC. The summed E-state index contributed by atoms with van der Waals surface area (Å²) >= 11 is 0. The maximum atomic E-state index is 13.4. The van der Waals surface area contributed by atoms with Gasteiger partial charge in [0.15, 0.2) is 11.5 Å². The molecule has 3 N–H and O–H groups in total. The number of phenolic OH excluding ortho intramolecular Hbond substituents is 1. The number of amides is 1. The monoisotopic (exact) mass is 505 g/mol. The molecule has 0 unspecified atom stereocenters. The number of rotatable bonds is 8. The highest BCUT2D eigenvalue weighted by Crippen LogP contribution is 2.46. The summed E-state index contributed by atoms with van der Waals surface area (Å²) in [4.78, 5) is 26.3. The molecule has 0 aliphatic rings. The first-order valence-corrected chi connectivity index (χ1v) is 11.4. The van der Waals surface area contributed by atoms with E-state index in [4.69, 9.17) is 18.6 Å². The molecule has 9 nitrogen and oxygen atoms in total.